The molecule has 3 N–H and O–H groups in total. The molecular formula is C12H18N2O2. The zero-order chi connectivity index (χ0) is 12.4. The Balaban J connectivity index is 0.00000106. The second kappa shape index (κ2) is 8.61. The minimum Gasteiger partial charge on any atom is -0.352 e. The molecule has 0 radical (unpaired) electrons. The molecule has 0 atom stereocenters. The molecule has 0 aromatic heterocycles. The van der Waals surface area contributed by atoms with E-state index in [1.54, 1.807) is 24.3 Å². The molecule has 1 aromatic rings. The van der Waals surface area contributed by atoms with Crippen molar-refractivity contribution in [2.75, 3.05) is 13.6 Å². The van der Waals surface area contributed by atoms with Gasteiger partial charge >= 0.3 is 0 Å². The summed E-state index contributed by atoms with van der Waals surface area (Å²) < 4.78 is 0. The van der Waals surface area contributed by atoms with E-state index in [1.165, 1.54) is 14.0 Å². The van der Waals surface area contributed by atoms with Crippen molar-refractivity contribution in [2.24, 2.45) is 5.73 Å². The zero-order valence-corrected chi connectivity index (χ0v) is 9.69. The van der Waals surface area contributed by atoms with Gasteiger partial charge in [0.25, 0.3) is 5.91 Å². The van der Waals surface area contributed by atoms with Crippen LogP contribution in [0.1, 0.15) is 23.7 Å². The van der Waals surface area contributed by atoms with Gasteiger partial charge in [-0.25, -0.2) is 0 Å². The number of Topliss-reactive ketones (excluding diaryl/α,β-unsaturated/α-hetero) is 1. The normalized spacial score (nSPS) is 8.69. The highest BCUT2D eigenvalue weighted by Gasteiger charge is 2.03. The highest BCUT2D eigenvalue weighted by molar-refractivity contribution is 5.94. The first-order chi connectivity index (χ1) is 7.70. The van der Waals surface area contributed by atoms with Crippen molar-refractivity contribution in [3.63, 3.8) is 0 Å². The Labute approximate surface area is 95.8 Å². The SMILES string of the molecule is CC(=O)CCNC(=O)c1ccccc1.CN. The van der Waals surface area contributed by atoms with Gasteiger partial charge < -0.3 is 11.1 Å². The molecule has 1 amide bonds. The first-order valence-electron chi connectivity index (χ1n) is 5.10. The number of ketones is 1. The first-order valence-corrected chi connectivity index (χ1v) is 5.10. The second-order valence-electron chi connectivity index (χ2n) is 3.07. The Kier molecular flexibility index (Phi) is 7.71. The predicted octanol–water partition coefficient (Wildman–Crippen LogP) is 0.970. The van der Waals surface area contributed by atoms with E-state index in [0.717, 1.165) is 0 Å². The topological polar surface area (TPSA) is 72.2 Å². The van der Waals surface area contributed by atoms with Crippen LogP contribution in [0.2, 0.25) is 0 Å². The van der Waals surface area contributed by atoms with E-state index < -0.39 is 0 Å². The number of hydrogen-bond donors (Lipinski definition) is 2. The largest absolute Gasteiger partial charge is 0.352 e. The van der Waals surface area contributed by atoms with Crippen LogP contribution in [0.15, 0.2) is 30.3 Å². The van der Waals surface area contributed by atoms with Gasteiger partial charge in [-0.05, 0) is 26.1 Å². The lowest BCUT2D eigenvalue weighted by molar-refractivity contribution is -0.116. The molecule has 4 nitrogen and oxygen atoms in total. The molecule has 88 valence electrons. The third-order valence-corrected chi connectivity index (χ3v) is 1.80. The molecule has 0 saturated heterocycles. The molecule has 0 aliphatic carbocycles. The van der Waals surface area contributed by atoms with Crippen molar-refractivity contribution in [2.45, 2.75) is 13.3 Å². The zero-order valence-electron chi connectivity index (χ0n) is 9.69. The van der Waals surface area contributed by atoms with Crippen LogP contribution in [-0.4, -0.2) is 25.3 Å². The second-order valence-corrected chi connectivity index (χ2v) is 3.07. The number of hydrogen-bond acceptors (Lipinski definition) is 3. The standard InChI is InChI=1S/C11H13NO2.CH5N/c1-9(13)7-8-12-11(14)10-5-3-2-4-6-10;1-2/h2-6H,7-8H2,1H3,(H,12,14);2H2,1H3. The van der Waals surface area contributed by atoms with E-state index in [0.29, 0.717) is 18.5 Å². The molecule has 1 rings (SSSR count). The lowest BCUT2D eigenvalue weighted by Gasteiger charge is -2.02. The van der Waals surface area contributed by atoms with E-state index in [9.17, 15) is 9.59 Å². The van der Waals surface area contributed by atoms with E-state index in [2.05, 4.69) is 11.1 Å². The predicted molar refractivity (Wildman–Crippen MR) is 64.2 cm³/mol. The van der Waals surface area contributed by atoms with Crippen LogP contribution in [0.25, 0.3) is 0 Å². The van der Waals surface area contributed by atoms with Gasteiger partial charge in [0.15, 0.2) is 0 Å². The van der Waals surface area contributed by atoms with Gasteiger partial charge in [0, 0.05) is 18.5 Å². The van der Waals surface area contributed by atoms with Crippen LogP contribution in [0.5, 0.6) is 0 Å². The average Bonchev–Trinajstić information content (AvgIpc) is 2.32. The van der Waals surface area contributed by atoms with Gasteiger partial charge in [-0.15, -0.1) is 0 Å². The molecule has 0 aliphatic heterocycles. The van der Waals surface area contributed by atoms with Crippen molar-refractivity contribution >= 4 is 11.7 Å². The summed E-state index contributed by atoms with van der Waals surface area (Å²) in [5, 5.41) is 2.67. The van der Waals surface area contributed by atoms with Crippen LogP contribution in [0, 0.1) is 0 Å². The van der Waals surface area contributed by atoms with Crippen molar-refractivity contribution < 1.29 is 9.59 Å². The van der Waals surface area contributed by atoms with Gasteiger partial charge in [-0.1, -0.05) is 18.2 Å². The van der Waals surface area contributed by atoms with Crippen molar-refractivity contribution in [1.82, 2.24) is 5.32 Å². The van der Waals surface area contributed by atoms with E-state index in [1.807, 2.05) is 6.07 Å². The molecule has 0 saturated carbocycles. The minimum atomic E-state index is -0.133. The summed E-state index contributed by atoms with van der Waals surface area (Å²) in [5.74, 6) is -0.0507. The summed E-state index contributed by atoms with van der Waals surface area (Å²) in [4.78, 5) is 22.0. The molecule has 4 heteroatoms. The van der Waals surface area contributed by atoms with E-state index in [4.69, 9.17) is 0 Å². The number of carbonyl (C=O) groups is 2. The highest BCUT2D eigenvalue weighted by atomic mass is 16.1. The van der Waals surface area contributed by atoms with Gasteiger partial charge in [0.2, 0.25) is 0 Å². The fourth-order valence-corrected chi connectivity index (χ4v) is 1.04. The number of benzene rings is 1. The fourth-order valence-electron chi connectivity index (χ4n) is 1.04. The summed E-state index contributed by atoms with van der Waals surface area (Å²) in [7, 11) is 1.50. The lowest BCUT2D eigenvalue weighted by atomic mass is 10.2. The fraction of sp³-hybridized carbons (Fsp3) is 0.333. The molecule has 0 heterocycles. The smallest absolute Gasteiger partial charge is 0.251 e. The lowest BCUT2D eigenvalue weighted by Crippen LogP contribution is -2.25. The highest BCUT2D eigenvalue weighted by Crippen LogP contribution is 1.97. The monoisotopic (exact) mass is 222 g/mol. The molecule has 0 spiro atoms. The molecule has 0 bridgehead atoms. The van der Waals surface area contributed by atoms with Gasteiger partial charge in [-0.2, -0.15) is 0 Å². The summed E-state index contributed by atoms with van der Waals surface area (Å²) in [6.45, 7) is 1.91. The van der Waals surface area contributed by atoms with Crippen molar-refractivity contribution in [3.8, 4) is 0 Å². The minimum absolute atomic E-state index is 0.0818. The first kappa shape index (κ1) is 14.3. The Morgan fingerprint density at radius 3 is 2.25 bits per heavy atom. The average molecular weight is 222 g/mol. The number of carbonyl (C=O) groups excluding carboxylic acids is 2. The van der Waals surface area contributed by atoms with Gasteiger partial charge in [0.05, 0.1) is 0 Å². The Morgan fingerprint density at radius 2 is 1.75 bits per heavy atom. The van der Waals surface area contributed by atoms with Crippen LogP contribution in [-0.2, 0) is 4.79 Å². The van der Waals surface area contributed by atoms with E-state index >= 15 is 0 Å². The number of nitrogens with two attached hydrogens (primary N) is 1. The van der Waals surface area contributed by atoms with Crippen LogP contribution >= 0.6 is 0 Å². The van der Waals surface area contributed by atoms with Crippen molar-refractivity contribution in [3.05, 3.63) is 35.9 Å². The van der Waals surface area contributed by atoms with Crippen molar-refractivity contribution in [1.29, 1.82) is 0 Å². The Bertz CT molecular complexity index is 323. The third-order valence-electron chi connectivity index (χ3n) is 1.80. The molecule has 0 aliphatic rings. The molecule has 0 unspecified atom stereocenters. The summed E-state index contributed by atoms with van der Waals surface area (Å²) >= 11 is 0. The van der Waals surface area contributed by atoms with Crippen LogP contribution in [0.3, 0.4) is 0 Å². The number of amides is 1. The maximum absolute atomic E-state index is 11.4. The van der Waals surface area contributed by atoms with E-state index in [-0.39, 0.29) is 11.7 Å². The van der Waals surface area contributed by atoms with Gasteiger partial charge in [0.1, 0.15) is 5.78 Å². The quantitative estimate of drug-likeness (QED) is 0.797. The summed E-state index contributed by atoms with van der Waals surface area (Å²) in [6, 6.07) is 8.94. The molecule has 0 fully saturated rings. The Morgan fingerprint density at radius 1 is 1.19 bits per heavy atom. The molecular weight excluding hydrogens is 204 g/mol. The number of rotatable bonds is 4. The molecule has 1 aromatic carbocycles. The summed E-state index contributed by atoms with van der Waals surface area (Å²) in [5.41, 5.74) is 5.12. The third kappa shape index (κ3) is 5.93. The van der Waals surface area contributed by atoms with Crippen LogP contribution < -0.4 is 11.1 Å². The summed E-state index contributed by atoms with van der Waals surface area (Å²) in [6.07, 6.45) is 0.387. The van der Waals surface area contributed by atoms with Crippen LogP contribution in [0.4, 0.5) is 0 Å². The maximum Gasteiger partial charge on any atom is 0.251 e. The number of nitrogens with one attached hydrogen (secondary N) is 1. The Hall–Kier alpha value is -1.68. The molecule has 16 heavy (non-hydrogen) atoms. The maximum atomic E-state index is 11.4. The van der Waals surface area contributed by atoms with Gasteiger partial charge in [-0.3, -0.25) is 9.59 Å².